The molecule has 3 N–H and O–H groups in total. The Labute approximate surface area is 167 Å². The molecule has 0 saturated carbocycles. The Morgan fingerprint density at radius 1 is 1.36 bits per heavy atom. The summed E-state index contributed by atoms with van der Waals surface area (Å²) in [5, 5.41) is 3.56. The lowest BCUT2D eigenvalue weighted by Crippen LogP contribution is -2.36. The van der Waals surface area contributed by atoms with Crippen LogP contribution in [0.5, 0.6) is 5.75 Å². The van der Waals surface area contributed by atoms with Crippen LogP contribution < -0.4 is 15.8 Å². The lowest BCUT2D eigenvalue weighted by atomic mass is 9.72. The fourth-order valence-corrected chi connectivity index (χ4v) is 4.28. The molecule has 0 saturated heterocycles. The maximum atomic E-state index is 13.1. The maximum Gasteiger partial charge on any atom is 0.161 e. The van der Waals surface area contributed by atoms with E-state index in [0.29, 0.717) is 32.1 Å². The molecule has 28 heavy (non-hydrogen) atoms. The van der Waals surface area contributed by atoms with Gasteiger partial charge in [0.2, 0.25) is 0 Å². The number of methoxy groups -OCH3 is 1. The van der Waals surface area contributed by atoms with Gasteiger partial charge in [0, 0.05) is 53.8 Å². The van der Waals surface area contributed by atoms with E-state index in [0.717, 1.165) is 47.5 Å². The van der Waals surface area contributed by atoms with Gasteiger partial charge < -0.3 is 20.5 Å². The molecular weight excluding hydrogens is 354 g/mol. The number of allylic oxidation sites excluding steroid dienone is 3. The van der Waals surface area contributed by atoms with Crippen LogP contribution in [-0.2, 0) is 9.53 Å². The van der Waals surface area contributed by atoms with E-state index >= 15 is 0 Å². The lowest BCUT2D eigenvalue weighted by molar-refractivity contribution is -0.117. The van der Waals surface area contributed by atoms with Crippen molar-refractivity contribution in [1.29, 1.82) is 0 Å². The maximum absolute atomic E-state index is 13.1. The van der Waals surface area contributed by atoms with Crippen LogP contribution in [0.2, 0.25) is 0 Å². The van der Waals surface area contributed by atoms with Crippen molar-refractivity contribution in [3.63, 3.8) is 0 Å². The molecule has 1 aliphatic carbocycles. The zero-order valence-electron chi connectivity index (χ0n) is 17.1. The van der Waals surface area contributed by atoms with Gasteiger partial charge in [-0.1, -0.05) is 20.3 Å². The molecule has 6 heteroatoms. The zero-order chi connectivity index (χ0) is 20.1. The topological polar surface area (TPSA) is 86.5 Å². The van der Waals surface area contributed by atoms with Crippen LogP contribution in [0.25, 0.3) is 0 Å². The average Bonchev–Trinajstić information content (AvgIpc) is 2.68. The van der Waals surface area contributed by atoms with E-state index in [1.165, 1.54) is 5.57 Å². The minimum atomic E-state index is -0.142. The quantitative estimate of drug-likeness (QED) is 0.669. The van der Waals surface area contributed by atoms with Gasteiger partial charge in [-0.2, -0.15) is 0 Å². The number of rotatable bonds is 8. The first kappa shape index (κ1) is 20.6. The number of Topliss-reactive ketones (excluding diaryl/α,β-unsaturated/α-hetero) is 1. The van der Waals surface area contributed by atoms with Gasteiger partial charge in [0.05, 0.1) is 20.3 Å². The van der Waals surface area contributed by atoms with Crippen molar-refractivity contribution in [1.82, 2.24) is 10.3 Å². The largest absolute Gasteiger partial charge is 0.496 e. The summed E-state index contributed by atoms with van der Waals surface area (Å²) in [5.41, 5.74) is 10.7. The molecule has 1 aromatic heterocycles. The molecule has 6 nitrogen and oxygen atoms in total. The second kappa shape index (κ2) is 9.34. The van der Waals surface area contributed by atoms with Crippen molar-refractivity contribution >= 4 is 5.78 Å². The molecule has 1 aromatic rings. The molecule has 0 aromatic carbocycles. The predicted molar refractivity (Wildman–Crippen MR) is 109 cm³/mol. The van der Waals surface area contributed by atoms with Gasteiger partial charge in [-0.05, 0) is 30.4 Å². The molecule has 2 aliphatic rings. The van der Waals surface area contributed by atoms with Gasteiger partial charge in [-0.15, -0.1) is 0 Å². The van der Waals surface area contributed by atoms with Gasteiger partial charge in [-0.25, -0.2) is 0 Å². The Bertz CT molecular complexity index is 785. The second-order valence-electron chi connectivity index (χ2n) is 7.60. The van der Waals surface area contributed by atoms with Gasteiger partial charge in [0.1, 0.15) is 5.75 Å². The number of hydrogen-bond acceptors (Lipinski definition) is 6. The van der Waals surface area contributed by atoms with Crippen LogP contribution in [0.1, 0.15) is 51.0 Å². The summed E-state index contributed by atoms with van der Waals surface area (Å²) in [5.74, 6) is 1.16. The first-order chi connectivity index (χ1) is 13.6. The number of nitrogens with one attached hydrogen (secondary N) is 1. The summed E-state index contributed by atoms with van der Waals surface area (Å²) in [6, 6.07) is 1.86. The second-order valence-corrected chi connectivity index (χ2v) is 7.60. The molecule has 0 spiro atoms. The number of aromatic nitrogens is 1. The van der Waals surface area contributed by atoms with Crippen LogP contribution in [0.4, 0.5) is 0 Å². The number of ether oxygens (including phenoxy) is 2. The van der Waals surface area contributed by atoms with Gasteiger partial charge in [0.25, 0.3) is 0 Å². The number of nitrogens with two attached hydrogens (primary N) is 1. The van der Waals surface area contributed by atoms with Gasteiger partial charge in [-0.3, -0.25) is 9.78 Å². The smallest absolute Gasteiger partial charge is 0.161 e. The molecular formula is C22H31N3O3. The van der Waals surface area contributed by atoms with Crippen LogP contribution in [0.15, 0.2) is 41.0 Å². The fourth-order valence-electron chi connectivity index (χ4n) is 4.28. The summed E-state index contributed by atoms with van der Waals surface area (Å²) in [6.45, 7) is 5.73. The van der Waals surface area contributed by atoms with Crippen molar-refractivity contribution in [2.24, 2.45) is 11.7 Å². The monoisotopic (exact) mass is 385 g/mol. The summed E-state index contributed by atoms with van der Waals surface area (Å²) < 4.78 is 11.4. The van der Waals surface area contributed by atoms with Crippen LogP contribution in [0, 0.1) is 5.92 Å². The molecule has 3 rings (SSSR count). The molecule has 0 fully saturated rings. The number of carbonyl (C=O) groups excluding carboxylic acids is 1. The number of dihydropyridines is 1. The summed E-state index contributed by atoms with van der Waals surface area (Å²) >= 11 is 0. The molecule has 0 radical (unpaired) electrons. The predicted octanol–water partition coefficient (Wildman–Crippen LogP) is 3.06. The Morgan fingerprint density at radius 3 is 2.89 bits per heavy atom. The Morgan fingerprint density at radius 2 is 2.18 bits per heavy atom. The molecule has 0 bridgehead atoms. The molecule has 2 unspecified atom stereocenters. The summed E-state index contributed by atoms with van der Waals surface area (Å²) in [7, 11) is 1.66. The van der Waals surface area contributed by atoms with E-state index in [-0.39, 0.29) is 11.7 Å². The van der Waals surface area contributed by atoms with Crippen LogP contribution >= 0.6 is 0 Å². The van der Waals surface area contributed by atoms with E-state index in [2.05, 4.69) is 24.1 Å². The Balaban J connectivity index is 2.13. The zero-order valence-corrected chi connectivity index (χ0v) is 17.1. The minimum absolute atomic E-state index is 0.142. The Hall–Kier alpha value is -2.18. The first-order valence-electron chi connectivity index (χ1n) is 10.1. The molecule has 0 amide bonds. The van der Waals surface area contributed by atoms with Crippen molar-refractivity contribution in [2.45, 2.75) is 45.4 Å². The third-order valence-corrected chi connectivity index (χ3v) is 5.41. The number of nitrogens with zero attached hydrogens (tertiary/aromatic N) is 1. The number of hydrogen-bond donors (Lipinski definition) is 2. The lowest BCUT2D eigenvalue weighted by Gasteiger charge is -2.37. The molecule has 2 heterocycles. The van der Waals surface area contributed by atoms with Crippen molar-refractivity contribution in [3.8, 4) is 5.75 Å². The highest BCUT2D eigenvalue weighted by molar-refractivity contribution is 5.99. The van der Waals surface area contributed by atoms with Crippen molar-refractivity contribution < 1.29 is 14.3 Å². The van der Waals surface area contributed by atoms with Gasteiger partial charge in [0.15, 0.2) is 5.78 Å². The van der Waals surface area contributed by atoms with Crippen LogP contribution in [-0.4, -0.2) is 37.6 Å². The Kier molecular flexibility index (Phi) is 6.86. The van der Waals surface area contributed by atoms with Crippen molar-refractivity contribution in [3.05, 3.63) is 46.6 Å². The van der Waals surface area contributed by atoms with E-state index in [1.54, 1.807) is 13.3 Å². The molecule has 152 valence electrons. The highest BCUT2D eigenvalue weighted by Gasteiger charge is 2.39. The third-order valence-electron chi connectivity index (χ3n) is 5.41. The standard InChI is InChI=1S/C22H31N3O3/c1-4-5-15-18(13-28-9-7-23)25-17-10-14(2)11-19(26)22(17)21(15)16-12-24-8-6-20(16)27-3/h6,8,12,14,21,25H,4-5,7,9-11,13,23H2,1-3H3. The summed E-state index contributed by atoms with van der Waals surface area (Å²) in [4.78, 5) is 17.4. The first-order valence-corrected chi connectivity index (χ1v) is 10.1. The number of ketones is 1. The number of pyridine rings is 1. The highest BCUT2D eigenvalue weighted by atomic mass is 16.5. The SMILES string of the molecule is CCCC1=C(COCCN)NC2=C(C(=O)CC(C)C2)C1c1cnccc1OC. The normalized spacial score (nSPS) is 22.2. The van der Waals surface area contributed by atoms with E-state index < -0.39 is 0 Å². The minimum Gasteiger partial charge on any atom is -0.496 e. The molecule has 2 atom stereocenters. The highest BCUT2D eigenvalue weighted by Crippen LogP contribution is 2.46. The fraction of sp³-hybridized carbons (Fsp3) is 0.545. The van der Waals surface area contributed by atoms with Crippen LogP contribution in [0.3, 0.4) is 0 Å². The van der Waals surface area contributed by atoms with E-state index in [9.17, 15) is 4.79 Å². The van der Waals surface area contributed by atoms with E-state index in [1.807, 2.05) is 12.3 Å². The van der Waals surface area contributed by atoms with Crippen molar-refractivity contribution in [2.75, 3.05) is 26.9 Å². The molecule has 1 aliphatic heterocycles. The van der Waals surface area contributed by atoms with Gasteiger partial charge >= 0.3 is 0 Å². The third kappa shape index (κ3) is 4.13. The summed E-state index contributed by atoms with van der Waals surface area (Å²) in [6.07, 6.45) is 6.84. The number of carbonyl (C=O) groups is 1. The van der Waals surface area contributed by atoms with E-state index in [4.69, 9.17) is 15.2 Å². The average molecular weight is 386 g/mol.